The minimum Gasteiger partial charge on any atom is -0.488 e. The molecule has 20 heavy (non-hydrogen) atoms. The van der Waals surface area contributed by atoms with Gasteiger partial charge in [-0.2, -0.15) is 0 Å². The van der Waals surface area contributed by atoms with Crippen LogP contribution in [0.25, 0.3) is 0 Å². The summed E-state index contributed by atoms with van der Waals surface area (Å²) in [7, 11) is 0. The van der Waals surface area contributed by atoms with Crippen molar-refractivity contribution in [1.82, 2.24) is 0 Å². The zero-order valence-corrected chi connectivity index (χ0v) is 13.1. The van der Waals surface area contributed by atoms with Crippen molar-refractivity contribution in [2.45, 2.75) is 45.3 Å². The summed E-state index contributed by atoms with van der Waals surface area (Å²) in [5.41, 5.74) is -0.244. The van der Waals surface area contributed by atoms with E-state index in [9.17, 15) is 15.2 Å². The van der Waals surface area contributed by atoms with E-state index in [1.54, 1.807) is 6.07 Å². The summed E-state index contributed by atoms with van der Waals surface area (Å²) in [5.74, 6) is 0.461. The number of hydrogen-bond donors (Lipinski definition) is 1. The molecule has 0 radical (unpaired) electrons. The van der Waals surface area contributed by atoms with Crippen molar-refractivity contribution < 1.29 is 14.8 Å². The van der Waals surface area contributed by atoms with E-state index in [-0.39, 0.29) is 23.3 Å². The van der Waals surface area contributed by atoms with Crippen molar-refractivity contribution in [2.24, 2.45) is 5.41 Å². The van der Waals surface area contributed by atoms with Crippen molar-refractivity contribution in [1.29, 1.82) is 0 Å². The van der Waals surface area contributed by atoms with Crippen molar-refractivity contribution in [3.05, 3.63) is 32.8 Å². The van der Waals surface area contributed by atoms with Gasteiger partial charge in [0.2, 0.25) is 0 Å². The summed E-state index contributed by atoms with van der Waals surface area (Å²) in [5, 5.41) is 20.8. The number of ether oxygens (including phenoxy) is 1. The molecule has 1 N–H and O–H groups in total. The summed E-state index contributed by atoms with van der Waals surface area (Å²) in [6.45, 7) is 4.06. The number of halogens is 1. The smallest absolute Gasteiger partial charge is 0.273 e. The Kier molecular flexibility index (Phi) is 4.34. The lowest BCUT2D eigenvalue weighted by Gasteiger charge is -2.52. The van der Waals surface area contributed by atoms with E-state index in [0.29, 0.717) is 16.6 Å². The Morgan fingerprint density at radius 2 is 2.15 bits per heavy atom. The Labute approximate surface area is 126 Å². The molecule has 6 heteroatoms. The highest BCUT2D eigenvalue weighted by molar-refractivity contribution is 9.10. The molecule has 1 aliphatic rings. The maximum atomic E-state index is 10.8. The third kappa shape index (κ3) is 2.42. The molecule has 0 aliphatic heterocycles. The van der Waals surface area contributed by atoms with Crippen LogP contribution in [-0.4, -0.2) is 22.2 Å². The summed E-state index contributed by atoms with van der Waals surface area (Å²) in [6.07, 6.45) is 1.74. The summed E-state index contributed by atoms with van der Waals surface area (Å²) < 4.78 is 6.61. The topological polar surface area (TPSA) is 72.6 Å². The fraction of sp³-hybridized carbons (Fsp3) is 0.571. The number of aliphatic hydroxyl groups is 1. The number of hydrogen-bond acceptors (Lipinski definition) is 4. The Morgan fingerprint density at radius 3 is 2.65 bits per heavy atom. The minimum atomic E-state index is -0.443. The van der Waals surface area contributed by atoms with Gasteiger partial charge in [0.05, 0.1) is 21.6 Å². The molecule has 0 bridgehead atoms. The molecule has 2 atom stereocenters. The van der Waals surface area contributed by atoms with Crippen LogP contribution in [0.2, 0.25) is 0 Å². The molecule has 0 aromatic heterocycles. The highest BCUT2D eigenvalue weighted by Crippen LogP contribution is 2.49. The zero-order valence-electron chi connectivity index (χ0n) is 11.5. The fourth-order valence-electron chi connectivity index (χ4n) is 2.92. The van der Waals surface area contributed by atoms with Gasteiger partial charge in [-0.25, -0.2) is 0 Å². The van der Waals surface area contributed by atoms with Crippen LogP contribution in [0.4, 0.5) is 5.69 Å². The third-order valence-electron chi connectivity index (χ3n) is 4.45. The average Bonchev–Trinajstić information content (AvgIpc) is 2.41. The van der Waals surface area contributed by atoms with Crippen molar-refractivity contribution in [2.75, 3.05) is 0 Å². The van der Waals surface area contributed by atoms with E-state index < -0.39 is 4.92 Å². The number of nitro groups is 1. The molecule has 1 aliphatic carbocycles. The molecule has 0 heterocycles. The normalized spacial score (nSPS) is 24.0. The van der Waals surface area contributed by atoms with Gasteiger partial charge in [0.1, 0.15) is 11.9 Å². The molecule has 1 fully saturated rings. The van der Waals surface area contributed by atoms with Gasteiger partial charge in [-0.15, -0.1) is 0 Å². The predicted molar refractivity (Wildman–Crippen MR) is 78.9 cm³/mol. The largest absolute Gasteiger partial charge is 0.488 e. The standard InChI is InChI=1S/C14H18BrNO4/c1-3-14(4-2)12(17)8-13(14)20-11-7-9(16(18)19)5-6-10(11)15/h5-7,12-13,17H,3-4,8H2,1-2H3. The molecule has 1 saturated carbocycles. The lowest BCUT2D eigenvalue weighted by Crippen LogP contribution is -2.59. The first-order valence-electron chi connectivity index (χ1n) is 6.73. The first kappa shape index (κ1) is 15.3. The molecule has 110 valence electrons. The second kappa shape index (κ2) is 5.69. The number of rotatable bonds is 5. The van der Waals surface area contributed by atoms with Gasteiger partial charge in [-0.3, -0.25) is 10.1 Å². The molecular formula is C14H18BrNO4. The van der Waals surface area contributed by atoms with Crippen LogP contribution in [0.15, 0.2) is 22.7 Å². The predicted octanol–water partition coefficient (Wildman–Crippen LogP) is 3.68. The molecule has 0 spiro atoms. The van der Waals surface area contributed by atoms with Gasteiger partial charge in [0.15, 0.2) is 0 Å². The maximum absolute atomic E-state index is 10.8. The fourth-order valence-corrected chi connectivity index (χ4v) is 3.26. The SMILES string of the molecule is CCC1(CC)C(O)CC1Oc1cc([N+](=O)[O-])ccc1Br. The Balaban J connectivity index is 2.22. The number of nitrogens with zero attached hydrogens (tertiary/aromatic N) is 1. The van der Waals surface area contributed by atoms with Crippen LogP contribution < -0.4 is 4.74 Å². The van der Waals surface area contributed by atoms with Crippen LogP contribution in [0, 0.1) is 15.5 Å². The monoisotopic (exact) mass is 343 g/mol. The molecule has 5 nitrogen and oxygen atoms in total. The van der Waals surface area contributed by atoms with Gasteiger partial charge >= 0.3 is 0 Å². The Morgan fingerprint density at radius 1 is 1.50 bits per heavy atom. The van der Waals surface area contributed by atoms with Crippen molar-refractivity contribution in [3.63, 3.8) is 0 Å². The van der Waals surface area contributed by atoms with Crippen molar-refractivity contribution in [3.8, 4) is 5.75 Å². The average molecular weight is 344 g/mol. The van der Waals surface area contributed by atoms with Gasteiger partial charge < -0.3 is 9.84 Å². The minimum absolute atomic E-state index is 0.00155. The Bertz CT molecular complexity index is 516. The van der Waals surface area contributed by atoms with Crippen molar-refractivity contribution >= 4 is 21.6 Å². The van der Waals surface area contributed by atoms with Gasteiger partial charge in [0.25, 0.3) is 5.69 Å². The quantitative estimate of drug-likeness (QED) is 0.653. The molecule has 0 amide bonds. The second-order valence-electron chi connectivity index (χ2n) is 5.17. The number of non-ortho nitro benzene ring substituents is 1. The van der Waals surface area contributed by atoms with E-state index in [4.69, 9.17) is 4.74 Å². The molecule has 0 saturated heterocycles. The van der Waals surface area contributed by atoms with E-state index in [1.807, 2.05) is 13.8 Å². The van der Waals surface area contributed by atoms with E-state index in [0.717, 1.165) is 12.8 Å². The summed E-state index contributed by atoms with van der Waals surface area (Å²) in [4.78, 5) is 10.4. The molecule has 2 rings (SSSR count). The second-order valence-corrected chi connectivity index (χ2v) is 6.02. The van der Waals surface area contributed by atoms with Crippen LogP contribution in [0.5, 0.6) is 5.75 Å². The number of benzene rings is 1. The third-order valence-corrected chi connectivity index (χ3v) is 5.11. The highest BCUT2D eigenvalue weighted by Gasteiger charge is 2.53. The first-order valence-corrected chi connectivity index (χ1v) is 7.52. The van der Waals surface area contributed by atoms with Gasteiger partial charge in [-0.1, -0.05) is 13.8 Å². The molecular weight excluding hydrogens is 326 g/mol. The maximum Gasteiger partial charge on any atom is 0.273 e. The van der Waals surface area contributed by atoms with Crippen LogP contribution in [0.1, 0.15) is 33.1 Å². The number of aliphatic hydroxyl groups excluding tert-OH is 1. The zero-order chi connectivity index (χ0) is 14.9. The van der Waals surface area contributed by atoms with E-state index in [2.05, 4.69) is 15.9 Å². The van der Waals surface area contributed by atoms with Crippen LogP contribution in [-0.2, 0) is 0 Å². The van der Waals surface area contributed by atoms with E-state index >= 15 is 0 Å². The van der Waals surface area contributed by atoms with Crippen LogP contribution >= 0.6 is 15.9 Å². The summed E-state index contributed by atoms with van der Waals surface area (Å²) >= 11 is 3.35. The lowest BCUT2D eigenvalue weighted by molar-refractivity contribution is -0.385. The Hall–Kier alpha value is -1.14. The summed E-state index contributed by atoms with van der Waals surface area (Å²) in [6, 6.07) is 4.46. The van der Waals surface area contributed by atoms with Gasteiger partial charge in [0, 0.05) is 17.9 Å². The van der Waals surface area contributed by atoms with E-state index in [1.165, 1.54) is 12.1 Å². The number of nitro benzene ring substituents is 1. The first-order chi connectivity index (χ1) is 9.44. The highest BCUT2D eigenvalue weighted by atomic mass is 79.9. The van der Waals surface area contributed by atoms with Crippen LogP contribution in [0.3, 0.4) is 0 Å². The molecule has 2 unspecified atom stereocenters. The molecule has 1 aromatic rings. The lowest BCUT2D eigenvalue weighted by atomic mass is 9.60. The molecule has 1 aromatic carbocycles. The van der Waals surface area contributed by atoms with Gasteiger partial charge in [-0.05, 0) is 34.8 Å².